The van der Waals surface area contributed by atoms with Crippen molar-refractivity contribution in [1.82, 2.24) is 0 Å². The molecule has 0 spiro atoms. The molecular formula is H3NaO7S3. The normalized spacial score (nSPS) is 18.0. The Labute approximate surface area is 92.0 Å². The summed E-state index contributed by atoms with van der Waals surface area (Å²) < 4.78 is 51.9. The predicted molar refractivity (Wildman–Crippen MR) is 39.0 cm³/mol. The molecule has 0 aliphatic carbocycles. The summed E-state index contributed by atoms with van der Waals surface area (Å²) in [6.45, 7) is 0. The molecule has 0 saturated heterocycles. The number of hydrogen-bond acceptors (Lipinski definition) is 5. The average molecular weight is 234 g/mol. The van der Waals surface area contributed by atoms with Crippen LogP contribution >= 0.6 is 0 Å². The molecule has 7 nitrogen and oxygen atoms in total. The van der Waals surface area contributed by atoms with Crippen molar-refractivity contribution in [2.45, 2.75) is 0 Å². The monoisotopic (exact) mass is 234 g/mol. The van der Waals surface area contributed by atoms with E-state index >= 15 is 0 Å². The molecule has 0 aliphatic rings. The van der Waals surface area contributed by atoms with Crippen LogP contribution in [0, 0.1) is 0 Å². The molecule has 11 heavy (non-hydrogen) atoms. The molecule has 0 amide bonds. The Morgan fingerprint density at radius 1 is 0.909 bits per heavy atom. The maximum atomic E-state index is 10.0. The summed E-state index contributed by atoms with van der Waals surface area (Å²) in [5.41, 5.74) is 0. The van der Waals surface area contributed by atoms with Crippen molar-refractivity contribution in [2.75, 3.05) is 0 Å². The predicted octanol–water partition coefficient (Wildman–Crippen LogP) is -1.78. The minimum absolute atomic E-state index is 0. The Hall–Kier alpha value is 1.29. The Bertz CT molecular complexity index is 157. The second kappa shape index (κ2) is 7.91. The van der Waals surface area contributed by atoms with Crippen LogP contribution in [0.2, 0.25) is 0 Å². The SMILES string of the molecule is O=S(O)OS(=O)OS(=O)O.[NaH]. The van der Waals surface area contributed by atoms with Gasteiger partial charge in [-0.3, -0.25) is 9.11 Å². The Balaban J connectivity index is 0. The Morgan fingerprint density at radius 2 is 1.18 bits per heavy atom. The van der Waals surface area contributed by atoms with Crippen LogP contribution in [-0.4, -0.2) is 51.3 Å². The van der Waals surface area contributed by atoms with Crippen molar-refractivity contribution in [3.05, 3.63) is 0 Å². The van der Waals surface area contributed by atoms with E-state index in [9.17, 15) is 12.6 Å². The molecule has 0 fully saturated rings. The van der Waals surface area contributed by atoms with Gasteiger partial charge < -0.3 is 0 Å². The van der Waals surface area contributed by atoms with E-state index < -0.39 is 34.1 Å². The van der Waals surface area contributed by atoms with Crippen LogP contribution in [0.3, 0.4) is 0 Å². The van der Waals surface area contributed by atoms with E-state index in [4.69, 9.17) is 9.11 Å². The summed E-state index contributed by atoms with van der Waals surface area (Å²) in [4.78, 5) is 0. The second-order valence-electron chi connectivity index (χ2n) is 0.774. The van der Waals surface area contributed by atoms with Gasteiger partial charge in [0.25, 0.3) is 0 Å². The van der Waals surface area contributed by atoms with Crippen molar-refractivity contribution < 1.29 is 29.0 Å². The summed E-state index contributed by atoms with van der Waals surface area (Å²) in [6, 6.07) is 0. The molecule has 0 bridgehead atoms. The van der Waals surface area contributed by atoms with Crippen molar-refractivity contribution in [3.8, 4) is 0 Å². The van der Waals surface area contributed by atoms with E-state index in [0.29, 0.717) is 0 Å². The zero-order valence-corrected chi connectivity index (χ0v) is 6.61. The van der Waals surface area contributed by atoms with Crippen LogP contribution in [0.4, 0.5) is 0 Å². The van der Waals surface area contributed by atoms with Gasteiger partial charge in [-0.1, -0.05) is 0 Å². The Morgan fingerprint density at radius 3 is 1.36 bits per heavy atom. The van der Waals surface area contributed by atoms with Gasteiger partial charge in [-0.15, -0.1) is 7.26 Å². The third-order valence-electron chi connectivity index (χ3n) is 0.228. The zero-order chi connectivity index (χ0) is 8.15. The van der Waals surface area contributed by atoms with Crippen LogP contribution in [0.25, 0.3) is 0 Å². The quantitative estimate of drug-likeness (QED) is 0.437. The molecule has 2 unspecified atom stereocenters. The van der Waals surface area contributed by atoms with Gasteiger partial charge in [0.15, 0.2) is 0 Å². The Kier molecular flexibility index (Phi) is 10.6. The molecule has 2 atom stereocenters. The molecule has 2 N–H and O–H groups in total. The molecule has 0 aromatic rings. The van der Waals surface area contributed by atoms with Gasteiger partial charge >= 0.3 is 63.6 Å². The van der Waals surface area contributed by atoms with Gasteiger partial charge in [0.2, 0.25) is 0 Å². The van der Waals surface area contributed by atoms with Gasteiger partial charge in [-0.2, -0.15) is 12.6 Å². The van der Waals surface area contributed by atoms with E-state index in [-0.39, 0.29) is 29.6 Å². The van der Waals surface area contributed by atoms with Crippen molar-refractivity contribution in [1.29, 1.82) is 0 Å². The zero-order valence-electron chi connectivity index (χ0n) is 4.16. The van der Waals surface area contributed by atoms with E-state index in [1.54, 1.807) is 0 Å². The van der Waals surface area contributed by atoms with Crippen LogP contribution in [0.5, 0.6) is 0 Å². The standard InChI is InChI=1S/Na.H2O7S3.H/c;1-8(2)6-10(5)7-9(3)4;/h;(H,1,2)(H,3,4);. The van der Waals surface area contributed by atoms with Crippen LogP contribution in [-0.2, 0) is 41.3 Å². The first-order valence-electron chi connectivity index (χ1n) is 1.53. The fourth-order valence-corrected chi connectivity index (χ4v) is 1.16. The van der Waals surface area contributed by atoms with Crippen molar-refractivity contribution >= 4 is 63.6 Å². The number of rotatable bonds is 4. The topological polar surface area (TPSA) is 110 Å². The van der Waals surface area contributed by atoms with E-state index in [1.807, 2.05) is 0 Å². The molecule has 64 valence electrons. The minimum atomic E-state index is -2.78. The first-order valence-corrected chi connectivity index (χ1v) is 4.60. The van der Waals surface area contributed by atoms with E-state index in [0.717, 1.165) is 0 Å². The molecule has 0 radical (unpaired) electrons. The molecule has 0 rings (SSSR count). The molecule has 0 saturated carbocycles. The van der Waals surface area contributed by atoms with Crippen LogP contribution in [0.15, 0.2) is 0 Å². The van der Waals surface area contributed by atoms with Crippen LogP contribution in [0.1, 0.15) is 0 Å². The van der Waals surface area contributed by atoms with Crippen molar-refractivity contribution in [2.24, 2.45) is 0 Å². The van der Waals surface area contributed by atoms with Gasteiger partial charge in [0, 0.05) is 0 Å². The number of hydrogen-bond donors (Lipinski definition) is 2. The molecule has 11 heteroatoms. The molecular weight excluding hydrogens is 231 g/mol. The molecule has 0 heterocycles. The molecule has 0 aliphatic heterocycles. The van der Waals surface area contributed by atoms with Gasteiger partial charge in [0.1, 0.15) is 0 Å². The van der Waals surface area contributed by atoms with Crippen LogP contribution < -0.4 is 0 Å². The van der Waals surface area contributed by atoms with E-state index in [2.05, 4.69) is 7.26 Å². The second-order valence-corrected chi connectivity index (χ2v) is 3.14. The molecule has 0 aromatic heterocycles. The van der Waals surface area contributed by atoms with Crippen molar-refractivity contribution in [3.63, 3.8) is 0 Å². The summed E-state index contributed by atoms with van der Waals surface area (Å²) in [6.07, 6.45) is 0. The maximum absolute atomic E-state index is 10.0. The van der Waals surface area contributed by atoms with Gasteiger partial charge in [-0.25, -0.2) is 0 Å². The summed E-state index contributed by atoms with van der Waals surface area (Å²) in [5, 5.41) is 0. The first kappa shape index (κ1) is 14.8. The fraction of sp³-hybridized carbons (Fsp3) is 0. The summed E-state index contributed by atoms with van der Waals surface area (Å²) in [5.74, 6) is 0. The first-order chi connectivity index (χ1) is 4.52. The summed E-state index contributed by atoms with van der Waals surface area (Å²) in [7, 11) is 0. The van der Waals surface area contributed by atoms with E-state index in [1.165, 1.54) is 0 Å². The fourth-order valence-electron chi connectivity index (χ4n) is 0.106. The third-order valence-corrected chi connectivity index (χ3v) is 2.05. The van der Waals surface area contributed by atoms with Gasteiger partial charge in [-0.05, 0) is 0 Å². The summed E-state index contributed by atoms with van der Waals surface area (Å²) >= 11 is -8.25. The van der Waals surface area contributed by atoms with Gasteiger partial charge in [0.05, 0.1) is 0 Å². The molecule has 0 aromatic carbocycles. The average Bonchev–Trinajstić information content (AvgIpc) is 1.58. The third kappa shape index (κ3) is 11.3.